The van der Waals surface area contributed by atoms with E-state index in [4.69, 9.17) is 4.74 Å². The maximum atomic E-state index is 11.9. The van der Waals surface area contributed by atoms with Gasteiger partial charge in [0.1, 0.15) is 11.9 Å². The molecule has 0 aromatic rings. The van der Waals surface area contributed by atoms with Gasteiger partial charge in [0.05, 0.1) is 11.5 Å². The molecule has 2 aliphatic rings. The van der Waals surface area contributed by atoms with E-state index in [9.17, 15) is 19.5 Å². The van der Waals surface area contributed by atoms with Crippen LogP contribution in [0.15, 0.2) is 24.3 Å². The Morgan fingerprint density at radius 1 is 1.50 bits per heavy atom. The number of carbonyl (C=O) groups is 3. The highest BCUT2D eigenvalue weighted by Gasteiger charge is 2.52. The van der Waals surface area contributed by atoms with Gasteiger partial charge in [0.2, 0.25) is 0 Å². The average molecular weight is 278 g/mol. The number of allylic oxidation sites excluding steroid dienone is 1. The van der Waals surface area contributed by atoms with Gasteiger partial charge < -0.3 is 14.6 Å². The van der Waals surface area contributed by atoms with Crippen LogP contribution >= 0.6 is 0 Å². The van der Waals surface area contributed by atoms with Crippen molar-refractivity contribution in [3.05, 3.63) is 24.3 Å². The lowest BCUT2D eigenvalue weighted by molar-refractivity contribution is -0.147. The maximum Gasteiger partial charge on any atom is 0.334 e. The zero-order chi connectivity index (χ0) is 15.1. The molecule has 1 aliphatic carbocycles. The highest BCUT2D eigenvalue weighted by molar-refractivity contribution is 5.98. The second-order valence-corrected chi connectivity index (χ2v) is 5.68. The quantitative estimate of drug-likeness (QED) is 0.612. The Bertz CT molecular complexity index is 514. The van der Waals surface area contributed by atoms with Crippen molar-refractivity contribution in [2.45, 2.75) is 38.4 Å². The molecule has 1 aliphatic heterocycles. The Morgan fingerprint density at radius 3 is 2.65 bits per heavy atom. The van der Waals surface area contributed by atoms with Crippen LogP contribution in [0.4, 0.5) is 0 Å². The summed E-state index contributed by atoms with van der Waals surface area (Å²) in [7, 11) is 0. The third-order valence-electron chi connectivity index (χ3n) is 4.01. The second-order valence-electron chi connectivity index (χ2n) is 5.68. The van der Waals surface area contributed by atoms with Gasteiger partial charge in [0, 0.05) is 17.9 Å². The number of ether oxygens (including phenoxy) is 1. The lowest BCUT2D eigenvalue weighted by atomic mass is 9.78. The van der Waals surface area contributed by atoms with E-state index in [1.165, 1.54) is 26.0 Å². The molecule has 0 aromatic carbocycles. The fourth-order valence-corrected chi connectivity index (χ4v) is 2.87. The van der Waals surface area contributed by atoms with Crippen LogP contribution < -0.4 is 0 Å². The molecule has 20 heavy (non-hydrogen) atoms. The number of ketones is 2. The third-order valence-corrected chi connectivity index (χ3v) is 4.01. The Hall–Kier alpha value is -1.75. The van der Waals surface area contributed by atoms with E-state index >= 15 is 0 Å². The van der Waals surface area contributed by atoms with Crippen molar-refractivity contribution in [2.24, 2.45) is 11.8 Å². The fourth-order valence-electron chi connectivity index (χ4n) is 2.87. The highest BCUT2D eigenvalue weighted by atomic mass is 16.6. The molecule has 0 amide bonds. The van der Waals surface area contributed by atoms with E-state index in [2.05, 4.69) is 6.58 Å². The summed E-state index contributed by atoms with van der Waals surface area (Å²) in [5, 5.41) is 10.3. The topological polar surface area (TPSA) is 80.7 Å². The van der Waals surface area contributed by atoms with Crippen molar-refractivity contribution in [1.29, 1.82) is 0 Å². The normalized spacial score (nSPS) is 36.5. The van der Waals surface area contributed by atoms with Crippen molar-refractivity contribution in [2.75, 3.05) is 0 Å². The second kappa shape index (κ2) is 4.98. The van der Waals surface area contributed by atoms with Crippen LogP contribution in [0.25, 0.3) is 0 Å². The van der Waals surface area contributed by atoms with E-state index < -0.39 is 29.5 Å². The van der Waals surface area contributed by atoms with Crippen molar-refractivity contribution in [1.82, 2.24) is 0 Å². The van der Waals surface area contributed by atoms with Crippen LogP contribution in [0.3, 0.4) is 0 Å². The molecular weight excluding hydrogens is 260 g/mol. The molecule has 0 radical (unpaired) electrons. The molecule has 5 heteroatoms. The van der Waals surface area contributed by atoms with Gasteiger partial charge in [-0.25, -0.2) is 4.79 Å². The predicted molar refractivity (Wildman–Crippen MR) is 70.7 cm³/mol. The SMILES string of the molecule is C=C1C(=O)O[C@H]([C@@H]2C(=O)C=C[C@]2(C)O)[C@H]1CCC(C)=O. The van der Waals surface area contributed by atoms with E-state index in [1.54, 1.807) is 0 Å². The number of esters is 1. The molecule has 0 spiro atoms. The summed E-state index contributed by atoms with van der Waals surface area (Å²) in [6.45, 7) is 6.67. The number of cyclic esters (lactones) is 1. The monoisotopic (exact) mass is 278 g/mol. The first-order valence-electron chi connectivity index (χ1n) is 6.58. The molecule has 0 bridgehead atoms. The van der Waals surface area contributed by atoms with Gasteiger partial charge in [-0.1, -0.05) is 6.58 Å². The zero-order valence-corrected chi connectivity index (χ0v) is 11.6. The molecule has 1 N–H and O–H groups in total. The van der Waals surface area contributed by atoms with Crippen molar-refractivity contribution >= 4 is 17.5 Å². The van der Waals surface area contributed by atoms with Gasteiger partial charge in [0.15, 0.2) is 5.78 Å². The molecule has 0 aromatic heterocycles. The predicted octanol–water partition coefficient (Wildman–Crippen LogP) is 0.959. The summed E-state index contributed by atoms with van der Waals surface area (Å²) in [6, 6.07) is 0. The number of rotatable bonds is 4. The maximum absolute atomic E-state index is 11.9. The number of aliphatic hydroxyl groups is 1. The zero-order valence-electron chi connectivity index (χ0n) is 11.6. The van der Waals surface area contributed by atoms with Gasteiger partial charge in [0.25, 0.3) is 0 Å². The molecule has 1 saturated heterocycles. The van der Waals surface area contributed by atoms with Crippen LogP contribution in [0, 0.1) is 11.8 Å². The van der Waals surface area contributed by atoms with Crippen LogP contribution in [0.2, 0.25) is 0 Å². The molecule has 1 heterocycles. The Labute approximate surface area is 117 Å². The Morgan fingerprint density at radius 2 is 2.15 bits per heavy atom. The van der Waals surface area contributed by atoms with Gasteiger partial charge in [-0.05, 0) is 32.4 Å². The first-order chi connectivity index (χ1) is 9.24. The lowest BCUT2D eigenvalue weighted by Crippen LogP contribution is -2.44. The first-order valence-corrected chi connectivity index (χ1v) is 6.58. The van der Waals surface area contributed by atoms with Crippen molar-refractivity contribution in [3.8, 4) is 0 Å². The molecule has 108 valence electrons. The molecule has 0 unspecified atom stereocenters. The van der Waals surface area contributed by atoms with Gasteiger partial charge in [-0.15, -0.1) is 0 Å². The van der Waals surface area contributed by atoms with Crippen LogP contribution in [0.5, 0.6) is 0 Å². The first kappa shape index (κ1) is 14.7. The molecule has 2 rings (SSSR count). The summed E-state index contributed by atoms with van der Waals surface area (Å²) in [4.78, 5) is 34.8. The molecule has 4 atom stereocenters. The van der Waals surface area contributed by atoms with E-state index in [-0.39, 0.29) is 23.6 Å². The van der Waals surface area contributed by atoms with Crippen molar-refractivity contribution in [3.63, 3.8) is 0 Å². The Balaban J connectivity index is 2.24. The van der Waals surface area contributed by atoms with Gasteiger partial charge in [-0.3, -0.25) is 4.79 Å². The summed E-state index contributed by atoms with van der Waals surface area (Å²) in [5.41, 5.74) is -1.08. The van der Waals surface area contributed by atoms with E-state index in [1.807, 2.05) is 0 Å². The molecule has 5 nitrogen and oxygen atoms in total. The van der Waals surface area contributed by atoms with Crippen molar-refractivity contribution < 1.29 is 24.2 Å². The number of hydrogen-bond acceptors (Lipinski definition) is 5. The lowest BCUT2D eigenvalue weighted by Gasteiger charge is -2.30. The summed E-state index contributed by atoms with van der Waals surface area (Å²) < 4.78 is 5.24. The minimum Gasteiger partial charge on any atom is -0.457 e. The van der Waals surface area contributed by atoms with Gasteiger partial charge >= 0.3 is 5.97 Å². The van der Waals surface area contributed by atoms with E-state index in [0.29, 0.717) is 6.42 Å². The average Bonchev–Trinajstić information content (AvgIpc) is 2.75. The largest absolute Gasteiger partial charge is 0.457 e. The van der Waals surface area contributed by atoms with Crippen LogP contribution in [0.1, 0.15) is 26.7 Å². The van der Waals surface area contributed by atoms with Gasteiger partial charge in [-0.2, -0.15) is 0 Å². The highest BCUT2D eigenvalue weighted by Crippen LogP contribution is 2.41. The number of carbonyl (C=O) groups excluding carboxylic acids is 3. The smallest absolute Gasteiger partial charge is 0.334 e. The molecule has 1 fully saturated rings. The summed E-state index contributed by atoms with van der Waals surface area (Å²) >= 11 is 0. The van der Waals surface area contributed by atoms with Crippen LogP contribution in [-0.4, -0.2) is 34.3 Å². The van der Waals surface area contributed by atoms with Crippen LogP contribution in [-0.2, 0) is 19.1 Å². The number of hydrogen-bond donors (Lipinski definition) is 1. The fraction of sp³-hybridized carbons (Fsp3) is 0.533. The summed E-state index contributed by atoms with van der Waals surface area (Å²) in [5.74, 6) is -2.07. The molecule has 0 saturated carbocycles. The number of Topliss-reactive ketones (excluding diaryl/α,β-unsaturated/α-hetero) is 1. The Kier molecular flexibility index (Phi) is 3.65. The standard InChI is InChI=1S/C15H18O5/c1-8(16)4-5-10-9(2)14(18)20-13(10)12-11(17)6-7-15(12,3)19/h6-7,10,12-13,19H,2,4-5H2,1,3H3/t10-,12-,13-,15-/m0/s1. The van der Waals surface area contributed by atoms with E-state index in [0.717, 1.165) is 0 Å². The minimum absolute atomic E-state index is 0.00136. The summed E-state index contributed by atoms with van der Waals surface area (Å²) in [6.07, 6.45) is 2.64. The third kappa shape index (κ3) is 2.45. The molecular formula is C15H18O5. The minimum atomic E-state index is -1.35.